The number of carbonyl (C=O) groups excluding carboxylic acids is 2. The average molecular weight is 443 g/mol. The van der Waals surface area contributed by atoms with Crippen LogP contribution in [0.4, 0.5) is 10.5 Å². The number of urea groups is 1. The monoisotopic (exact) mass is 442 g/mol. The van der Waals surface area contributed by atoms with Gasteiger partial charge in [-0.1, -0.05) is 6.07 Å². The number of nitrogens with zero attached hydrogens (tertiary/aromatic N) is 2. The summed E-state index contributed by atoms with van der Waals surface area (Å²) >= 11 is 1.50. The third kappa shape index (κ3) is 4.67. The molecule has 0 radical (unpaired) electrons. The lowest BCUT2D eigenvalue weighted by atomic mass is 10.0. The van der Waals surface area contributed by atoms with Crippen molar-refractivity contribution in [1.29, 1.82) is 0 Å². The number of amides is 2. The van der Waals surface area contributed by atoms with Crippen LogP contribution in [0.15, 0.2) is 53.0 Å². The van der Waals surface area contributed by atoms with Crippen molar-refractivity contribution in [3.05, 3.63) is 57.9 Å². The smallest absolute Gasteiger partial charge is 0.338 e. The summed E-state index contributed by atoms with van der Waals surface area (Å²) in [6.45, 7) is 3.82. The third-order valence-electron chi connectivity index (χ3n) is 5.58. The fraction of sp³-hybridized carbons (Fsp3) is 0.364. The Balaban J connectivity index is 1.48. The molecule has 0 unspecified atom stereocenters. The van der Waals surface area contributed by atoms with Crippen LogP contribution in [0.5, 0.6) is 5.75 Å². The predicted molar refractivity (Wildman–Crippen MR) is 119 cm³/mol. The number of methoxy groups -OCH3 is 2. The van der Waals surface area contributed by atoms with Crippen molar-refractivity contribution in [1.82, 2.24) is 15.5 Å². The van der Waals surface area contributed by atoms with Gasteiger partial charge in [0.2, 0.25) is 0 Å². The molecule has 2 amide bonds. The molecule has 4 rings (SSSR count). The molecule has 1 fully saturated rings. The maximum Gasteiger partial charge on any atom is 0.338 e. The van der Waals surface area contributed by atoms with Crippen molar-refractivity contribution in [2.24, 2.45) is 0 Å². The summed E-state index contributed by atoms with van der Waals surface area (Å²) in [6, 6.07) is 11.1. The Labute approximate surface area is 185 Å². The van der Waals surface area contributed by atoms with E-state index in [0.29, 0.717) is 17.8 Å². The second-order valence-electron chi connectivity index (χ2n) is 7.39. The Morgan fingerprint density at radius 1 is 1.13 bits per heavy atom. The molecule has 2 aliphatic rings. The number of anilines is 1. The number of hydrogen-bond donors (Lipinski definition) is 2. The van der Waals surface area contributed by atoms with Crippen molar-refractivity contribution in [2.75, 3.05) is 51.8 Å². The lowest BCUT2D eigenvalue weighted by molar-refractivity contribution is -0.136. The van der Waals surface area contributed by atoms with Gasteiger partial charge in [0.05, 0.1) is 25.8 Å². The van der Waals surface area contributed by atoms with Gasteiger partial charge in [0.15, 0.2) is 0 Å². The number of benzene rings is 1. The highest BCUT2D eigenvalue weighted by Gasteiger charge is 2.35. The Morgan fingerprint density at radius 3 is 2.48 bits per heavy atom. The average Bonchev–Trinajstić information content (AvgIpc) is 3.34. The summed E-state index contributed by atoms with van der Waals surface area (Å²) in [5.41, 5.74) is 2.22. The van der Waals surface area contributed by atoms with Crippen molar-refractivity contribution in [2.45, 2.75) is 6.04 Å². The van der Waals surface area contributed by atoms with Crippen LogP contribution in [0.2, 0.25) is 0 Å². The van der Waals surface area contributed by atoms with Crippen LogP contribution in [0.3, 0.4) is 0 Å². The zero-order chi connectivity index (χ0) is 21.8. The Kier molecular flexibility index (Phi) is 6.43. The summed E-state index contributed by atoms with van der Waals surface area (Å²) in [5, 5.41) is 7.62. The standard InChI is InChI=1S/C22H26N4O4S/c1-29-16-7-5-15(6-8-16)26-11-9-25(10-12-26)14-17-19(21(27)30-2)20(24-22(28)23-17)18-4-3-13-31-18/h3-8,13,20H,9-12,14H2,1-2H3,(H2,23,24,28)/t20-/m1/s1. The van der Waals surface area contributed by atoms with Gasteiger partial charge in [-0.2, -0.15) is 0 Å². The molecule has 0 bridgehead atoms. The molecule has 3 heterocycles. The van der Waals surface area contributed by atoms with Crippen LogP contribution < -0.4 is 20.3 Å². The Morgan fingerprint density at radius 2 is 1.87 bits per heavy atom. The lowest BCUT2D eigenvalue weighted by Crippen LogP contribution is -2.51. The third-order valence-corrected chi connectivity index (χ3v) is 6.52. The molecule has 9 heteroatoms. The van der Waals surface area contributed by atoms with Gasteiger partial charge >= 0.3 is 12.0 Å². The fourth-order valence-electron chi connectivity index (χ4n) is 3.94. The first-order chi connectivity index (χ1) is 15.1. The van der Waals surface area contributed by atoms with Gasteiger partial charge in [-0.05, 0) is 35.7 Å². The van der Waals surface area contributed by atoms with Gasteiger partial charge in [0.25, 0.3) is 0 Å². The van der Waals surface area contributed by atoms with Crippen LogP contribution in [0, 0.1) is 0 Å². The minimum absolute atomic E-state index is 0.307. The first kappa shape index (κ1) is 21.2. The summed E-state index contributed by atoms with van der Waals surface area (Å²) in [5.74, 6) is 0.407. The molecule has 0 saturated carbocycles. The summed E-state index contributed by atoms with van der Waals surface area (Å²) < 4.78 is 10.3. The summed E-state index contributed by atoms with van der Waals surface area (Å²) in [6.07, 6.45) is 0. The maximum atomic E-state index is 12.6. The highest BCUT2D eigenvalue weighted by atomic mass is 32.1. The zero-order valence-electron chi connectivity index (χ0n) is 17.6. The number of piperazine rings is 1. The fourth-order valence-corrected chi connectivity index (χ4v) is 4.73. The minimum Gasteiger partial charge on any atom is -0.497 e. The number of hydrogen-bond acceptors (Lipinski definition) is 7. The largest absolute Gasteiger partial charge is 0.497 e. The molecule has 2 aromatic rings. The van der Waals surface area contributed by atoms with E-state index in [9.17, 15) is 9.59 Å². The first-order valence-electron chi connectivity index (χ1n) is 10.1. The van der Waals surface area contributed by atoms with E-state index < -0.39 is 12.0 Å². The van der Waals surface area contributed by atoms with Gasteiger partial charge in [-0.3, -0.25) is 4.90 Å². The Bertz CT molecular complexity index is 950. The van der Waals surface area contributed by atoms with E-state index in [-0.39, 0.29) is 6.03 Å². The van der Waals surface area contributed by atoms with Gasteiger partial charge in [-0.15, -0.1) is 11.3 Å². The van der Waals surface area contributed by atoms with E-state index in [1.54, 1.807) is 7.11 Å². The summed E-state index contributed by atoms with van der Waals surface area (Å²) in [4.78, 5) is 30.4. The molecular weight excluding hydrogens is 416 g/mol. The van der Waals surface area contributed by atoms with Gasteiger partial charge in [0, 0.05) is 49.0 Å². The van der Waals surface area contributed by atoms with E-state index in [4.69, 9.17) is 9.47 Å². The number of esters is 1. The minimum atomic E-state index is -0.503. The van der Waals surface area contributed by atoms with Crippen molar-refractivity contribution in [3.8, 4) is 5.75 Å². The molecule has 1 aromatic carbocycles. The topological polar surface area (TPSA) is 83.1 Å². The van der Waals surface area contributed by atoms with Crippen molar-refractivity contribution < 1.29 is 19.1 Å². The molecule has 1 saturated heterocycles. The lowest BCUT2D eigenvalue weighted by Gasteiger charge is -2.37. The summed E-state index contributed by atoms with van der Waals surface area (Å²) in [7, 11) is 3.02. The first-order valence-corrected chi connectivity index (χ1v) is 11.0. The van der Waals surface area contributed by atoms with Crippen LogP contribution in [-0.2, 0) is 9.53 Å². The van der Waals surface area contributed by atoms with E-state index in [0.717, 1.165) is 42.5 Å². The van der Waals surface area contributed by atoms with Crippen molar-refractivity contribution in [3.63, 3.8) is 0 Å². The number of rotatable bonds is 6. The molecule has 1 aromatic heterocycles. The second kappa shape index (κ2) is 9.40. The highest BCUT2D eigenvalue weighted by molar-refractivity contribution is 7.10. The zero-order valence-corrected chi connectivity index (χ0v) is 18.4. The molecule has 164 valence electrons. The number of carbonyl (C=O) groups is 2. The number of nitrogens with one attached hydrogen (secondary N) is 2. The molecule has 0 spiro atoms. The van der Waals surface area contributed by atoms with E-state index in [2.05, 4.69) is 32.6 Å². The van der Waals surface area contributed by atoms with E-state index >= 15 is 0 Å². The van der Waals surface area contributed by atoms with Crippen LogP contribution in [0.25, 0.3) is 0 Å². The molecule has 2 N–H and O–H groups in total. The van der Waals surface area contributed by atoms with Gasteiger partial charge in [-0.25, -0.2) is 9.59 Å². The number of ether oxygens (including phenoxy) is 2. The molecule has 31 heavy (non-hydrogen) atoms. The highest BCUT2D eigenvalue weighted by Crippen LogP contribution is 2.31. The van der Waals surface area contributed by atoms with E-state index in [1.165, 1.54) is 18.4 Å². The van der Waals surface area contributed by atoms with Crippen molar-refractivity contribution >= 4 is 29.0 Å². The van der Waals surface area contributed by atoms with Gasteiger partial charge in [0.1, 0.15) is 5.75 Å². The van der Waals surface area contributed by atoms with Crippen LogP contribution in [0.1, 0.15) is 10.9 Å². The van der Waals surface area contributed by atoms with Gasteiger partial charge < -0.3 is 25.0 Å². The SMILES string of the molecule is COC(=O)C1=C(CN2CCN(c3ccc(OC)cc3)CC2)NC(=O)N[C@@H]1c1cccs1. The van der Waals surface area contributed by atoms with Crippen LogP contribution in [-0.4, -0.2) is 63.8 Å². The second-order valence-corrected chi connectivity index (χ2v) is 8.37. The number of thiophene rings is 1. The Hall–Kier alpha value is -3.04. The van der Waals surface area contributed by atoms with E-state index in [1.807, 2.05) is 29.6 Å². The molecule has 0 aliphatic carbocycles. The molecule has 8 nitrogen and oxygen atoms in total. The molecule has 1 atom stereocenters. The van der Waals surface area contributed by atoms with Crippen LogP contribution >= 0.6 is 11.3 Å². The molecular formula is C22H26N4O4S. The molecule has 2 aliphatic heterocycles. The predicted octanol–water partition coefficient (Wildman–Crippen LogP) is 2.36. The maximum absolute atomic E-state index is 12.6. The normalized spacial score (nSPS) is 19.6. The quantitative estimate of drug-likeness (QED) is 0.669.